The van der Waals surface area contributed by atoms with Gasteiger partial charge in [0.1, 0.15) is 0 Å². The zero-order valence-electron chi connectivity index (χ0n) is 11.2. The fourth-order valence-corrected chi connectivity index (χ4v) is 2.29. The number of fused-ring (bicyclic) bond motifs is 1. The van der Waals surface area contributed by atoms with Crippen molar-refractivity contribution in [1.29, 1.82) is 0 Å². The van der Waals surface area contributed by atoms with Crippen LogP contribution in [0.25, 0.3) is 0 Å². The minimum Gasteiger partial charge on any atom is -0.305 e. The Hall–Kier alpha value is -1.64. The number of hydrogen-bond donors (Lipinski definition) is 0. The van der Waals surface area contributed by atoms with E-state index in [1.54, 1.807) is 11.0 Å². The van der Waals surface area contributed by atoms with Gasteiger partial charge in [-0.3, -0.25) is 9.59 Å². The predicted molar refractivity (Wildman–Crippen MR) is 71.9 cm³/mol. The van der Waals surface area contributed by atoms with Crippen LogP contribution in [0.1, 0.15) is 42.6 Å². The van der Waals surface area contributed by atoms with Gasteiger partial charge in [0.05, 0.1) is 11.3 Å². The van der Waals surface area contributed by atoms with E-state index in [9.17, 15) is 9.59 Å². The van der Waals surface area contributed by atoms with E-state index in [2.05, 4.69) is 13.8 Å². The summed E-state index contributed by atoms with van der Waals surface area (Å²) in [5.74, 6) is -0.117. The molecule has 0 saturated carbocycles. The minimum atomic E-state index is -0.376. The van der Waals surface area contributed by atoms with Gasteiger partial charge >= 0.3 is 0 Å². The molecular weight excluding hydrogens is 226 g/mol. The van der Waals surface area contributed by atoms with Gasteiger partial charge < -0.3 is 4.90 Å². The third-order valence-corrected chi connectivity index (χ3v) is 3.29. The van der Waals surface area contributed by atoms with Gasteiger partial charge in [-0.25, -0.2) is 0 Å². The average molecular weight is 245 g/mol. The zero-order valence-corrected chi connectivity index (χ0v) is 11.2. The molecule has 96 valence electrons. The molecule has 0 bridgehead atoms. The Balaban J connectivity index is 2.18. The number of nitrogens with zero attached hydrogens (tertiary/aromatic N) is 1. The van der Waals surface area contributed by atoms with E-state index in [1.165, 1.54) is 0 Å². The lowest BCUT2D eigenvalue weighted by Crippen LogP contribution is -2.30. The molecular formula is C15H19NO2. The number of rotatable bonds is 4. The number of anilines is 1. The van der Waals surface area contributed by atoms with E-state index < -0.39 is 0 Å². The number of ketones is 1. The normalized spacial score (nSPS) is 14.6. The highest BCUT2D eigenvalue weighted by Gasteiger charge is 2.35. The van der Waals surface area contributed by atoms with E-state index in [1.807, 2.05) is 19.1 Å². The number of benzene rings is 1. The van der Waals surface area contributed by atoms with Crippen LogP contribution in [0.4, 0.5) is 5.69 Å². The number of aryl methyl sites for hydroxylation is 1. The monoisotopic (exact) mass is 245 g/mol. The van der Waals surface area contributed by atoms with Gasteiger partial charge in [-0.2, -0.15) is 0 Å². The molecule has 1 aliphatic rings. The third-order valence-electron chi connectivity index (χ3n) is 3.29. The van der Waals surface area contributed by atoms with Crippen LogP contribution in [-0.2, 0) is 4.79 Å². The highest BCUT2D eigenvalue weighted by atomic mass is 16.2. The van der Waals surface area contributed by atoms with Crippen molar-refractivity contribution in [2.75, 3.05) is 11.4 Å². The van der Waals surface area contributed by atoms with E-state index in [0.717, 1.165) is 24.1 Å². The zero-order chi connectivity index (χ0) is 13.3. The van der Waals surface area contributed by atoms with Gasteiger partial charge in [-0.05, 0) is 37.8 Å². The van der Waals surface area contributed by atoms with Crippen molar-refractivity contribution in [2.24, 2.45) is 5.92 Å². The molecule has 1 heterocycles. The lowest BCUT2D eigenvalue weighted by Gasteiger charge is -2.17. The predicted octanol–water partition coefficient (Wildman–Crippen LogP) is 2.96. The van der Waals surface area contributed by atoms with Crippen LogP contribution < -0.4 is 4.90 Å². The third kappa shape index (κ3) is 2.30. The summed E-state index contributed by atoms with van der Waals surface area (Å²) in [6, 6.07) is 5.63. The molecule has 0 radical (unpaired) electrons. The van der Waals surface area contributed by atoms with Crippen LogP contribution in [0, 0.1) is 12.8 Å². The fourth-order valence-electron chi connectivity index (χ4n) is 2.29. The summed E-state index contributed by atoms with van der Waals surface area (Å²) in [4.78, 5) is 25.4. The standard InChI is InChI=1S/C15H19NO2/c1-10(2)5-4-8-16-13-7-6-11(3)9-12(13)14(17)15(16)18/h6-7,9-10H,4-5,8H2,1-3H3. The Kier molecular flexibility index (Phi) is 3.50. The summed E-state index contributed by atoms with van der Waals surface area (Å²) in [5, 5.41) is 0. The van der Waals surface area contributed by atoms with Gasteiger partial charge in [0.15, 0.2) is 0 Å². The van der Waals surface area contributed by atoms with Crippen LogP contribution in [-0.4, -0.2) is 18.2 Å². The molecule has 0 aliphatic carbocycles. The van der Waals surface area contributed by atoms with Gasteiger partial charge in [0, 0.05) is 6.54 Å². The number of hydrogen-bond acceptors (Lipinski definition) is 2. The second-order valence-corrected chi connectivity index (χ2v) is 5.34. The highest BCUT2D eigenvalue weighted by Crippen LogP contribution is 2.30. The molecule has 0 unspecified atom stereocenters. The van der Waals surface area contributed by atoms with Crippen molar-refractivity contribution in [3.05, 3.63) is 29.3 Å². The molecule has 0 saturated heterocycles. The van der Waals surface area contributed by atoms with Crippen molar-refractivity contribution >= 4 is 17.4 Å². The molecule has 1 aromatic rings. The first-order valence-corrected chi connectivity index (χ1v) is 6.47. The highest BCUT2D eigenvalue weighted by molar-refractivity contribution is 6.52. The van der Waals surface area contributed by atoms with Crippen LogP contribution in [0.3, 0.4) is 0 Å². The Morgan fingerprint density at radius 1 is 1.22 bits per heavy atom. The molecule has 1 amide bonds. The smallest absolute Gasteiger partial charge is 0.299 e. The summed E-state index contributed by atoms with van der Waals surface area (Å²) < 4.78 is 0. The molecule has 3 nitrogen and oxygen atoms in total. The number of amides is 1. The first-order valence-electron chi connectivity index (χ1n) is 6.47. The van der Waals surface area contributed by atoms with E-state index in [4.69, 9.17) is 0 Å². The quantitative estimate of drug-likeness (QED) is 0.765. The van der Waals surface area contributed by atoms with E-state index >= 15 is 0 Å². The molecule has 0 fully saturated rings. The lowest BCUT2D eigenvalue weighted by molar-refractivity contribution is -0.114. The Bertz CT molecular complexity index is 491. The molecule has 2 rings (SSSR count). The first-order chi connectivity index (χ1) is 8.50. The molecule has 1 aliphatic heterocycles. The van der Waals surface area contributed by atoms with Crippen molar-refractivity contribution < 1.29 is 9.59 Å². The van der Waals surface area contributed by atoms with Gasteiger partial charge in [-0.1, -0.05) is 25.5 Å². The average Bonchev–Trinajstić information content (AvgIpc) is 2.54. The van der Waals surface area contributed by atoms with Gasteiger partial charge in [0.2, 0.25) is 0 Å². The van der Waals surface area contributed by atoms with E-state index in [0.29, 0.717) is 18.0 Å². The SMILES string of the molecule is Cc1ccc2c(c1)C(=O)C(=O)N2CCCC(C)C. The lowest BCUT2D eigenvalue weighted by atomic mass is 10.1. The number of carbonyl (C=O) groups is 2. The van der Waals surface area contributed by atoms with Crippen LogP contribution >= 0.6 is 0 Å². The Labute approximate surface area is 108 Å². The molecule has 0 N–H and O–H groups in total. The minimum absolute atomic E-state index is 0.363. The molecule has 0 aromatic heterocycles. The molecule has 1 aromatic carbocycles. The fraction of sp³-hybridized carbons (Fsp3) is 0.467. The van der Waals surface area contributed by atoms with Crippen LogP contribution in [0.5, 0.6) is 0 Å². The summed E-state index contributed by atoms with van der Waals surface area (Å²) in [6.07, 6.45) is 2.00. The second kappa shape index (κ2) is 4.92. The number of Topliss-reactive ketones (excluding diaryl/α,β-unsaturated/α-hetero) is 1. The van der Waals surface area contributed by atoms with E-state index in [-0.39, 0.29) is 11.7 Å². The second-order valence-electron chi connectivity index (χ2n) is 5.34. The molecule has 0 atom stereocenters. The largest absolute Gasteiger partial charge is 0.305 e. The maximum atomic E-state index is 11.9. The summed E-state index contributed by atoms with van der Waals surface area (Å²) in [7, 11) is 0. The summed E-state index contributed by atoms with van der Waals surface area (Å²) in [6.45, 7) is 6.89. The van der Waals surface area contributed by atoms with Crippen LogP contribution in [0.2, 0.25) is 0 Å². The van der Waals surface area contributed by atoms with Gasteiger partial charge in [0.25, 0.3) is 11.7 Å². The summed E-state index contributed by atoms with van der Waals surface area (Å²) >= 11 is 0. The maximum Gasteiger partial charge on any atom is 0.299 e. The molecule has 18 heavy (non-hydrogen) atoms. The maximum absolute atomic E-state index is 11.9. The molecule has 0 spiro atoms. The molecule has 3 heteroatoms. The topological polar surface area (TPSA) is 37.4 Å². The Morgan fingerprint density at radius 2 is 1.94 bits per heavy atom. The Morgan fingerprint density at radius 3 is 2.61 bits per heavy atom. The van der Waals surface area contributed by atoms with Crippen molar-refractivity contribution in [3.8, 4) is 0 Å². The van der Waals surface area contributed by atoms with Crippen LogP contribution in [0.15, 0.2) is 18.2 Å². The summed E-state index contributed by atoms with van der Waals surface area (Å²) in [5.41, 5.74) is 2.35. The first kappa shape index (κ1) is 12.8. The van der Waals surface area contributed by atoms with Crippen molar-refractivity contribution in [1.82, 2.24) is 0 Å². The van der Waals surface area contributed by atoms with Gasteiger partial charge in [-0.15, -0.1) is 0 Å². The number of carbonyl (C=O) groups excluding carboxylic acids is 2. The van der Waals surface area contributed by atoms with Crippen molar-refractivity contribution in [2.45, 2.75) is 33.6 Å². The van der Waals surface area contributed by atoms with Crippen molar-refractivity contribution in [3.63, 3.8) is 0 Å².